The van der Waals surface area contributed by atoms with Gasteiger partial charge in [0, 0.05) is 19.8 Å². The molecule has 2 N–H and O–H groups in total. The number of hydrogen-bond acceptors (Lipinski definition) is 4. The Labute approximate surface area is 153 Å². The minimum Gasteiger partial charge on any atom is -0.353 e. The molecule has 0 aliphatic rings. The first kappa shape index (κ1) is 19.1. The Bertz CT molecular complexity index is 637. The van der Waals surface area contributed by atoms with E-state index in [1.54, 1.807) is 12.3 Å². The van der Waals surface area contributed by atoms with Gasteiger partial charge in [-0.25, -0.2) is 4.99 Å². The minimum atomic E-state index is 0. The van der Waals surface area contributed by atoms with Crippen LogP contribution in [0.5, 0.6) is 0 Å². The standard InChI is InChI=1S/C15H21N7.HI/c1-4-8-17-15(18-10-13-7-5-6-9-16-13)19-11-14-21-20-12(2)22(14)3;/h4-7,9H,1,8,10-11H2,2-3H3,(H2,17,18,19);1H. The molecular weight excluding hydrogens is 405 g/mol. The van der Waals surface area contributed by atoms with Gasteiger partial charge in [0.2, 0.25) is 0 Å². The van der Waals surface area contributed by atoms with Crippen molar-refractivity contribution in [3.05, 3.63) is 54.4 Å². The second-order valence-corrected chi connectivity index (χ2v) is 4.73. The summed E-state index contributed by atoms with van der Waals surface area (Å²) in [6.45, 7) is 7.30. The topological polar surface area (TPSA) is 80.0 Å². The molecule has 23 heavy (non-hydrogen) atoms. The lowest BCUT2D eigenvalue weighted by Gasteiger charge is -2.11. The highest BCUT2D eigenvalue weighted by Gasteiger charge is 2.05. The molecule has 0 bridgehead atoms. The summed E-state index contributed by atoms with van der Waals surface area (Å²) in [5.74, 6) is 2.41. The number of nitrogens with one attached hydrogen (secondary N) is 2. The molecule has 124 valence electrons. The highest BCUT2D eigenvalue weighted by Crippen LogP contribution is 1.98. The largest absolute Gasteiger partial charge is 0.353 e. The number of hydrogen-bond donors (Lipinski definition) is 2. The van der Waals surface area contributed by atoms with Crippen LogP contribution in [0.3, 0.4) is 0 Å². The van der Waals surface area contributed by atoms with Crippen molar-refractivity contribution < 1.29 is 0 Å². The van der Waals surface area contributed by atoms with Gasteiger partial charge in [0.25, 0.3) is 0 Å². The van der Waals surface area contributed by atoms with Crippen molar-refractivity contribution in [3.8, 4) is 0 Å². The normalized spacial score (nSPS) is 10.8. The fourth-order valence-electron chi connectivity index (χ4n) is 1.76. The maximum Gasteiger partial charge on any atom is 0.192 e. The van der Waals surface area contributed by atoms with Crippen molar-refractivity contribution in [2.75, 3.05) is 6.54 Å². The molecule has 2 rings (SSSR count). The maximum atomic E-state index is 4.51. The van der Waals surface area contributed by atoms with E-state index in [1.807, 2.05) is 36.7 Å². The molecule has 0 atom stereocenters. The van der Waals surface area contributed by atoms with Gasteiger partial charge in [0.1, 0.15) is 5.82 Å². The van der Waals surface area contributed by atoms with Crippen molar-refractivity contribution in [2.24, 2.45) is 12.0 Å². The van der Waals surface area contributed by atoms with E-state index in [4.69, 9.17) is 0 Å². The van der Waals surface area contributed by atoms with Crippen LogP contribution in [0, 0.1) is 6.92 Å². The molecule has 2 heterocycles. The Morgan fingerprint density at radius 1 is 1.35 bits per heavy atom. The zero-order chi connectivity index (χ0) is 15.8. The Morgan fingerprint density at radius 3 is 2.78 bits per heavy atom. The van der Waals surface area contributed by atoms with Crippen LogP contribution < -0.4 is 10.6 Å². The average molecular weight is 427 g/mol. The molecule has 0 radical (unpaired) electrons. The number of aromatic nitrogens is 4. The van der Waals surface area contributed by atoms with Gasteiger partial charge in [-0.05, 0) is 19.1 Å². The molecule has 0 unspecified atom stereocenters. The van der Waals surface area contributed by atoms with Crippen LogP contribution in [0.25, 0.3) is 0 Å². The van der Waals surface area contributed by atoms with E-state index in [1.165, 1.54) is 0 Å². The number of rotatable bonds is 6. The lowest BCUT2D eigenvalue weighted by atomic mass is 10.3. The van der Waals surface area contributed by atoms with Crippen LogP contribution in [0.15, 0.2) is 42.0 Å². The summed E-state index contributed by atoms with van der Waals surface area (Å²) in [5.41, 5.74) is 0.914. The van der Waals surface area contributed by atoms with E-state index in [2.05, 4.69) is 37.4 Å². The average Bonchev–Trinajstić information content (AvgIpc) is 2.87. The monoisotopic (exact) mass is 427 g/mol. The van der Waals surface area contributed by atoms with Gasteiger partial charge < -0.3 is 15.2 Å². The first-order valence-electron chi connectivity index (χ1n) is 7.08. The molecule has 0 fully saturated rings. The van der Waals surface area contributed by atoms with Crippen LogP contribution in [-0.2, 0) is 20.1 Å². The van der Waals surface area contributed by atoms with Gasteiger partial charge in [-0.15, -0.1) is 40.8 Å². The predicted molar refractivity (Wildman–Crippen MR) is 102 cm³/mol. The molecule has 0 saturated carbocycles. The lowest BCUT2D eigenvalue weighted by Crippen LogP contribution is -2.37. The van der Waals surface area contributed by atoms with Gasteiger partial charge in [0.05, 0.1) is 18.8 Å². The van der Waals surface area contributed by atoms with E-state index in [-0.39, 0.29) is 24.0 Å². The highest BCUT2D eigenvalue weighted by atomic mass is 127. The third kappa shape index (κ3) is 5.97. The van der Waals surface area contributed by atoms with Gasteiger partial charge in [-0.3, -0.25) is 4.98 Å². The number of halogens is 1. The van der Waals surface area contributed by atoms with Gasteiger partial charge in [-0.1, -0.05) is 12.1 Å². The van der Waals surface area contributed by atoms with Crippen molar-refractivity contribution in [2.45, 2.75) is 20.0 Å². The zero-order valence-corrected chi connectivity index (χ0v) is 15.7. The van der Waals surface area contributed by atoms with Crippen LogP contribution in [0.1, 0.15) is 17.3 Å². The molecule has 8 heteroatoms. The predicted octanol–water partition coefficient (Wildman–Crippen LogP) is 1.56. The molecule has 0 amide bonds. The Balaban J connectivity index is 0.00000264. The molecule has 7 nitrogen and oxygen atoms in total. The smallest absolute Gasteiger partial charge is 0.192 e. The summed E-state index contributed by atoms with van der Waals surface area (Å²) >= 11 is 0. The maximum absolute atomic E-state index is 4.51. The van der Waals surface area contributed by atoms with E-state index in [0.29, 0.717) is 25.6 Å². The molecule has 0 aliphatic carbocycles. The number of nitrogens with zero attached hydrogens (tertiary/aromatic N) is 5. The van der Waals surface area contributed by atoms with Crippen molar-refractivity contribution in [1.29, 1.82) is 0 Å². The first-order valence-corrected chi connectivity index (χ1v) is 7.08. The second kappa shape index (κ2) is 9.93. The molecule has 0 aromatic carbocycles. The van der Waals surface area contributed by atoms with Crippen LogP contribution in [0.4, 0.5) is 0 Å². The quantitative estimate of drug-likeness (QED) is 0.317. The Kier molecular flexibility index (Phi) is 8.23. The summed E-state index contributed by atoms with van der Waals surface area (Å²) in [4.78, 5) is 8.77. The molecule has 0 saturated heterocycles. The molecule has 0 spiro atoms. The van der Waals surface area contributed by atoms with E-state index in [0.717, 1.165) is 17.3 Å². The molecular formula is C15H22IN7. The number of aryl methyl sites for hydroxylation is 1. The minimum absolute atomic E-state index is 0. The van der Waals surface area contributed by atoms with Crippen molar-refractivity contribution >= 4 is 29.9 Å². The fourth-order valence-corrected chi connectivity index (χ4v) is 1.76. The number of aliphatic imine (C=N–C) groups is 1. The summed E-state index contributed by atoms with van der Waals surface area (Å²) in [6, 6.07) is 5.78. The molecule has 0 aliphatic heterocycles. The van der Waals surface area contributed by atoms with Crippen molar-refractivity contribution in [1.82, 2.24) is 30.4 Å². The second-order valence-electron chi connectivity index (χ2n) is 4.73. The van der Waals surface area contributed by atoms with Crippen LogP contribution in [-0.4, -0.2) is 32.3 Å². The summed E-state index contributed by atoms with van der Waals surface area (Å²) in [5, 5.41) is 14.6. The third-order valence-corrected chi connectivity index (χ3v) is 3.14. The first-order chi connectivity index (χ1) is 10.7. The fraction of sp³-hybridized carbons (Fsp3) is 0.333. The van der Waals surface area contributed by atoms with E-state index in [9.17, 15) is 0 Å². The van der Waals surface area contributed by atoms with E-state index < -0.39 is 0 Å². The summed E-state index contributed by atoms with van der Waals surface area (Å²) < 4.78 is 1.94. The highest BCUT2D eigenvalue weighted by molar-refractivity contribution is 14.0. The molecule has 2 aromatic rings. The number of pyridine rings is 1. The van der Waals surface area contributed by atoms with E-state index >= 15 is 0 Å². The molecule has 2 aromatic heterocycles. The number of guanidine groups is 1. The lowest BCUT2D eigenvalue weighted by molar-refractivity contribution is 0.721. The summed E-state index contributed by atoms with van der Waals surface area (Å²) in [7, 11) is 1.94. The Hall–Kier alpha value is -1.97. The van der Waals surface area contributed by atoms with Gasteiger partial charge in [-0.2, -0.15) is 0 Å². The third-order valence-electron chi connectivity index (χ3n) is 3.14. The van der Waals surface area contributed by atoms with Crippen molar-refractivity contribution in [3.63, 3.8) is 0 Å². The van der Waals surface area contributed by atoms with Crippen LogP contribution in [0.2, 0.25) is 0 Å². The van der Waals surface area contributed by atoms with Gasteiger partial charge >= 0.3 is 0 Å². The summed E-state index contributed by atoms with van der Waals surface area (Å²) in [6.07, 6.45) is 3.54. The van der Waals surface area contributed by atoms with Crippen LogP contribution >= 0.6 is 24.0 Å². The Morgan fingerprint density at radius 2 is 2.17 bits per heavy atom. The SMILES string of the molecule is C=CCNC(=NCc1ccccn1)NCc1nnc(C)n1C.I. The zero-order valence-electron chi connectivity index (χ0n) is 13.4. The van der Waals surface area contributed by atoms with Gasteiger partial charge in [0.15, 0.2) is 11.8 Å².